The fraction of sp³-hybridized carbons (Fsp3) is 0.929. The Hall–Kier alpha value is -0.610. The highest BCUT2D eigenvalue weighted by Crippen LogP contribution is 2.14. The zero-order valence-electron chi connectivity index (χ0n) is 11.8. The van der Waals surface area contributed by atoms with E-state index < -0.39 is 0 Å². The lowest BCUT2D eigenvalue weighted by Gasteiger charge is -2.31. The van der Waals surface area contributed by atoms with Crippen molar-refractivity contribution in [1.29, 1.82) is 0 Å². The minimum Gasteiger partial charge on any atom is -0.341 e. The molecule has 0 aromatic carbocycles. The number of carbonyl (C=O) groups is 1. The SMILES string of the molecule is CC(CN1CCCC1=O)NCC1CCCN(C)C1. The van der Waals surface area contributed by atoms with Gasteiger partial charge in [0.05, 0.1) is 0 Å². The first-order valence-electron chi connectivity index (χ1n) is 7.35. The van der Waals surface area contributed by atoms with Gasteiger partial charge in [0.25, 0.3) is 0 Å². The molecule has 2 rings (SSSR count). The molecule has 0 radical (unpaired) electrons. The van der Waals surface area contributed by atoms with Gasteiger partial charge in [0.1, 0.15) is 0 Å². The van der Waals surface area contributed by atoms with Crippen LogP contribution in [0.3, 0.4) is 0 Å². The van der Waals surface area contributed by atoms with Crippen LogP contribution in [0.2, 0.25) is 0 Å². The maximum atomic E-state index is 11.6. The molecule has 2 fully saturated rings. The lowest BCUT2D eigenvalue weighted by molar-refractivity contribution is -0.127. The average Bonchev–Trinajstić information content (AvgIpc) is 2.73. The van der Waals surface area contributed by atoms with Crippen molar-refractivity contribution in [2.45, 2.75) is 38.6 Å². The molecule has 2 saturated heterocycles. The molecule has 104 valence electrons. The molecular formula is C14H27N3O. The number of nitrogens with zero attached hydrogens (tertiary/aromatic N) is 2. The van der Waals surface area contributed by atoms with Crippen LogP contribution in [-0.4, -0.2) is 61.5 Å². The molecule has 0 aromatic heterocycles. The van der Waals surface area contributed by atoms with E-state index in [4.69, 9.17) is 0 Å². The van der Waals surface area contributed by atoms with E-state index in [0.29, 0.717) is 11.9 Å². The third kappa shape index (κ3) is 3.95. The molecule has 0 spiro atoms. The number of carbonyl (C=O) groups excluding carboxylic acids is 1. The van der Waals surface area contributed by atoms with Crippen molar-refractivity contribution in [3.05, 3.63) is 0 Å². The van der Waals surface area contributed by atoms with Crippen molar-refractivity contribution in [1.82, 2.24) is 15.1 Å². The molecule has 1 amide bonds. The molecule has 0 saturated carbocycles. The molecule has 2 unspecified atom stereocenters. The summed E-state index contributed by atoms with van der Waals surface area (Å²) in [5.74, 6) is 1.11. The first-order valence-corrected chi connectivity index (χ1v) is 7.35. The number of amides is 1. The Morgan fingerprint density at radius 3 is 2.89 bits per heavy atom. The van der Waals surface area contributed by atoms with Crippen molar-refractivity contribution >= 4 is 5.91 Å². The predicted octanol–water partition coefficient (Wildman–Crippen LogP) is 0.929. The van der Waals surface area contributed by atoms with E-state index in [1.54, 1.807) is 0 Å². The summed E-state index contributed by atoms with van der Waals surface area (Å²) < 4.78 is 0. The van der Waals surface area contributed by atoms with E-state index in [1.807, 2.05) is 4.90 Å². The van der Waals surface area contributed by atoms with Gasteiger partial charge in [-0.15, -0.1) is 0 Å². The highest BCUT2D eigenvalue weighted by Gasteiger charge is 2.22. The first-order chi connectivity index (χ1) is 8.65. The Bertz CT molecular complexity index is 282. The minimum atomic E-state index is 0.334. The van der Waals surface area contributed by atoms with Crippen molar-refractivity contribution in [3.8, 4) is 0 Å². The van der Waals surface area contributed by atoms with Gasteiger partial charge in [-0.05, 0) is 52.2 Å². The summed E-state index contributed by atoms with van der Waals surface area (Å²) in [6.07, 6.45) is 4.45. The lowest BCUT2D eigenvalue weighted by atomic mass is 9.98. The summed E-state index contributed by atoms with van der Waals surface area (Å²) in [6, 6.07) is 0.416. The van der Waals surface area contributed by atoms with Crippen LogP contribution in [0.5, 0.6) is 0 Å². The Balaban J connectivity index is 1.64. The van der Waals surface area contributed by atoms with Crippen molar-refractivity contribution < 1.29 is 4.79 Å². The van der Waals surface area contributed by atoms with E-state index in [0.717, 1.165) is 38.4 Å². The molecule has 2 aliphatic heterocycles. The van der Waals surface area contributed by atoms with Gasteiger partial charge in [-0.3, -0.25) is 4.79 Å². The highest BCUT2D eigenvalue weighted by molar-refractivity contribution is 5.78. The third-order valence-electron chi connectivity index (χ3n) is 4.14. The predicted molar refractivity (Wildman–Crippen MR) is 73.5 cm³/mol. The van der Waals surface area contributed by atoms with E-state index in [9.17, 15) is 4.79 Å². The van der Waals surface area contributed by atoms with Gasteiger partial charge in [0.2, 0.25) is 5.91 Å². The van der Waals surface area contributed by atoms with Gasteiger partial charge >= 0.3 is 0 Å². The van der Waals surface area contributed by atoms with Gasteiger partial charge in [-0.2, -0.15) is 0 Å². The van der Waals surface area contributed by atoms with Crippen LogP contribution in [-0.2, 0) is 4.79 Å². The van der Waals surface area contributed by atoms with Crippen LogP contribution in [0.25, 0.3) is 0 Å². The maximum Gasteiger partial charge on any atom is 0.222 e. The summed E-state index contributed by atoms with van der Waals surface area (Å²) in [6.45, 7) is 7.57. The van der Waals surface area contributed by atoms with Crippen LogP contribution in [0.15, 0.2) is 0 Å². The molecule has 2 aliphatic rings. The minimum absolute atomic E-state index is 0.334. The van der Waals surface area contributed by atoms with Crippen molar-refractivity contribution in [3.63, 3.8) is 0 Å². The normalized spacial score (nSPS) is 27.8. The quantitative estimate of drug-likeness (QED) is 0.792. The molecule has 0 aromatic rings. The summed E-state index contributed by atoms with van der Waals surface area (Å²) in [5.41, 5.74) is 0. The molecule has 2 heterocycles. The monoisotopic (exact) mass is 253 g/mol. The largest absolute Gasteiger partial charge is 0.341 e. The maximum absolute atomic E-state index is 11.6. The van der Waals surface area contributed by atoms with E-state index in [2.05, 4.69) is 24.2 Å². The lowest BCUT2D eigenvalue weighted by Crippen LogP contribution is -2.44. The number of hydrogen-bond acceptors (Lipinski definition) is 3. The number of nitrogens with one attached hydrogen (secondary N) is 1. The second-order valence-electron chi connectivity index (χ2n) is 6.02. The fourth-order valence-corrected chi connectivity index (χ4v) is 3.10. The standard InChI is InChI=1S/C14H27N3O/c1-12(10-17-8-4-6-14(17)18)15-9-13-5-3-7-16(2)11-13/h12-13,15H,3-11H2,1-2H3. The van der Waals surface area contributed by atoms with E-state index in [1.165, 1.54) is 25.9 Å². The number of hydrogen-bond donors (Lipinski definition) is 1. The van der Waals surface area contributed by atoms with Gasteiger partial charge in [0.15, 0.2) is 0 Å². The summed E-state index contributed by atoms with van der Waals surface area (Å²) >= 11 is 0. The van der Waals surface area contributed by atoms with Gasteiger partial charge in [-0.25, -0.2) is 0 Å². The highest BCUT2D eigenvalue weighted by atomic mass is 16.2. The Morgan fingerprint density at radius 2 is 2.22 bits per heavy atom. The Morgan fingerprint density at radius 1 is 1.39 bits per heavy atom. The van der Waals surface area contributed by atoms with Gasteiger partial charge in [-0.1, -0.05) is 0 Å². The number of likely N-dealkylation sites (tertiary alicyclic amines) is 2. The summed E-state index contributed by atoms with van der Waals surface area (Å²) in [5, 5.41) is 3.60. The number of piperidine rings is 1. The Kier molecular flexibility index (Phi) is 5.01. The molecule has 18 heavy (non-hydrogen) atoms. The summed E-state index contributed by atoms with van der Waals surface area (Å²) in [7, 11) is 2.21. The van der Waals surface area contributed by atoms with Crippen LogP contribution >= 0.6 is 0 Å². The zero-order valence-corrected chi connectivity index (χ0v) is 11.8. The molecular weight excluding hydrogens is 226 g/mol. The van der Waals surface area contributed by atoms with Gasteiger partial charge < -0.3 is 15.1 Å². The molecule has 0 bridgehead atoms. The second kappa shape index (κ2) is 6.53. The van der Waals surface area contributed by atoms with E-state index in [-0.39, 0.29) is 0 Å². The smallest absolute Gasteiger partial charge is 0.222 e. The first kappa shape index (κ1) is 13.8. The van der Waals surface area contributed by atoms with Gasteiger partial charge in [0, 0.05) is 32.1 Å². The molecule has 4 nitrogen and oxygen atoms in total. The van der Waals surface area contributed by atoms with Crippen LogP contribution in [0.4, 0.5) is 0 Å². The van der Waals surface area contributed by atoms with E-state index >= 15 is 0 Å². The Labute approximate surface area is 111 Å². The summed E-state index contributed by atoms with van der Waals surface area (Å²) in [4.78, 5) is 16.0. The number of rotatable bonds is 5. The average molecular weight is 253 g/mol. The van der Waals surface area contributed by atoms with Crippen LogP contribution in [0.1, 0.15) is 32.6 Å². The molecule has 2 atom stereocenters. The van der Waals surface area contributed by atoms with Crippen LogP contribution in [0, 0.1) is 5.92 Å². The molecule has 1 N–H and O–H groups in total. The third-order valence-corrected chi connectivity index (χ3v) is 4.14. The fourth-order valence-electron chi connectivity index (χ4n) is 3.10. The van der Waals surface area contributed by atoms with Crippen molar-refractivity contribution in [2.24, 2.45) is 5.92 Å². The zero-order chi connectivity index (χ0) is 13.0. The van der Waals surface area contributed by atoms with Crippen molar-refractivity contribution in [2.75, 3.05) is 39.8 Å². The molecule has 0 aliphatic carbocycles. The topological polar surface area (TPSA) is 35.6 Å². The second-order valence-corrected chi connectivity index (χ2v) is 6.02. The molecule has 4 heteroatoms. The van der Waals surface area contributed by atoms with Crippen LogP contribution < -0.4 is 5.32 Å².